The summed E-state index contributed by atoms with van der Waals surface area (Å²) in [5.41, 5.74) is 2.48. The Labute approximate surface area is 461 Å². The largest absolute Gasteiger partial charge is 1.00 e. The molecule has 0 amide bonds. The molecule has 2 aromatic carbocycles. The summed E-state index contributed by atoms with van der Waals surface area (Å²) in [6.07, 6.45) is 9.10. The molecule has 3 aliphatic heterocycles. The first-order valence-electron chi connectivity index (χ1n) is 24.0. The Morgan fingerprint density at radius 1 is 0.609 bits per heavy atom. The van der Waals surface area contributed by atoms with E-state index in [1.807, 2.05) is 19.1 Å². The molecule has 0 radical (unpaired) electrons. The molecule has 388 valence electrons. The first-order valence-corrected chi connectivity index (χ1v) is 24.0. The number of hydrogen-bond donors (Lipinski definition) is 1. The van der Waals surface area contributed by atoms with Crippen molar-refractivity contribution in [3.05, 3.63) is 70.8 Å². The van der Waals surface area contributed by atoms with Gasteiger partial charge in [-0.25, -0.2) is 14.4 Å². The van der Waals surface area contributed by atoms with Crippen LogP contribution in [0.2, 0.25) is 0 Å². The van der Waals surface area contributed by atoms with E-state index >= 15 is 0 Å². The van der Waals surface area contributed by atoms with Gasteiger partial charge in [0.2, 0.25) is 0 Å². The number of carbonyl (C=O) groups is 3. The van der Waals surface area contributed by atoms with Crippen molar-refractivity contribution in [1.29, 1.82) is 0 Å². The third-order valence-electron chi connectivity index (χ3n) is 13.4. The number of hydrogen-bond acceptors (Lipinski definition) is 12. The molecule has 12 nitrogen and oxygen atoms in total. The molecule has 2 aromatic rings. The van der Waals surface area contributed by atoms with Gasteiger partial charge in [0, 0.05) is 46.1 Å². The number of esters is 3. The number of aryl methyl sites for hydroxylation is 1. The van der Waals surface area contributed by atoms with Crippen LogP contribution in [0.4, 0.5) is 0 Å². The van der Waals surface area contributed by atoms with Crippen molar-refractivity contribution in [3.63, 3.8) is 0 Å². The first-order chi connectivity index (χ1) is 30.4. The standard InChI is InChI=1S/C29H46N2O4.C12H25N.C9H10O2.C4H9O.CO2.CH4.K/c1-26(2)16-14-22(18-27(3,4)30-26)34-24(32)20-10-12-21(13-11-20)25(33)35-23-15-17-28(5,6)31(9)29(7,8)19-23;1-10-7-8-11(2,3)13(6)12(4,5)9-10;1-7-3-5-8(6-4-7)9(10)11-2;1-4(2,3)5;2-1-3;;/h10-13,22-23,30H,14-19H2,1-9H3;10H,7-9H2,1-6H3;3-6H,1-2H3;1-3H3;;1H4;/q;;;-1;;;+1. The van der Waals surface area contributed by atoms with E-state index in [0.29, 0.717) is 27.8 Å². The Hall–Kier alpha value is -2.29. The zero-order valence-corrected chi connectivity index (χ0v) is 49.4. The molecular weight excluding hydrogens is 898 g/mol. The van der Waals surface area contributed by atoms with Crippen molar-refractivity contribution in [3.8, 4) is 0 Å². The van der Waals surface area contributed by atoms with Crippen LogP contribution in [0.1, 0.15) is 213 Å². The molecule has 3 atom stereocenters. The maximum absolute atomic E-state index is 12.9. The summed E-state index contributed by atoms with van der Waals surface area (Å²) in [6.45, 7) is 36.3. The molecule has 0 aromatic heterocycles. The summed E-state index contributed by atoms with van der Waals surface area (Å²) in [5.74, 6) is -0.0997. The van der Waals surface area contributed by atoms with Gasteiger partial charge < -0.3 is 24.6 Å². The van der Waals surface area contributed by atoms with Crippen LogP contribution in [-0.2, 0) is 23.8 Å². The van der Waals surface area contributed by atoms with E-state index in [-0.39, 0.29) is 117 Å². The van der Waals surface area contributed by atoms with Crippen molar-refractivity contribution in [2.45, 2.75) is 234 Å². The van der Waals surface area contributed by atoms with Crippen molar-refractivity contribution >= 4 is 24.1 Å². The predicted octanol–water partition coefficient (Wildman–Crippen LogP) is 8.02. The number of benzene rings is 2. The summed E-state index contributed by atoms with van der Waals surface area (Å²) in [7, 11) is 5.80. The quantitative estimate of drug-likeness (QED) is 0.175. The van der Waals surface area contributed by atoms with Crippen LogP contribution in [0, 0.1) is 12.8 Å². The Morgan fingerprint density at radius 3 is 1.35 bits per heavy atom. The Morgan fingerprint density at radius 2 is 0.942 bits per heavy atom. The molecule has 1 N–H and O–H groups in total. The minimum absolute atomic E-state index is 0. The molecule has 3 fully saturated rings. The molecule has 5 rings (SSSR count). The van der Waals surface area contributed by atoms with Crippen LogP contribution in [0.25, 0.3) is 0 Å². The Kier molecular flexibility index (Phi) is 28.7. The molecule has 0 bridgehead atoms. The summed E-state index contributed by atoms with van der Waals surface area (Å²) in [5, 5.41) is 13.8. The summed E-state index contributed by atoms with van der Waals surface area (Å²) in [6, 6.07) is 13.9. The second-order valence-electron chi connectivity index (χ2n) is 23.8. The summed E-state index contributed by atoms with van der Waals surface area (Å²) >= 11 is 0. The molecule has 0 saturated carbocycles. The van der Waals surface area contributed by atoms with Crippen molar-refractivity contribution in [1.82, 2.24) is 15.1 Å². The Bertz CT molecular complexity index is 1890. The number of methoxy groups -OCH3 is 1. The van der Waals surface area contributed by atoms with Crippen LogP contribution < -0.4 is 61.8 Å². The van der Waals surface area contributed by atoms with Crippen molar-refractivity contribution < 1.29 is 94.7 Å². The van der Waals surface area contributed by atoms with E-state index in [0.717, 1.165) is 50.0 Å². The zero-order valence-electron chi connectivity index (χ0n) is 46.3. The number of likely N-dealkylation sites (tertiary alicyclic amines) is 2. The minimum atomic E-state index is -0.750. The van der Waals surface area contributed by atoms with Gasteiger partial charge in [0.25, 0.3) is 0 Å². The zero-order chi connectivity index (χ0) is 52.0. The van der Waals surface area contributed by atoms with Gasteiger partial charge in [0.15, 0.2) is 0 Å². The van der Waals surface area contributed by atoms with Crippen LogP contribution in [0.15, 0.2) is 48.5 Å². The second kappa shape index (κ2) is 28.8. The normalized spacial score (nSPS) is 23.0. The van der Waals surface area contributed by atoms with Crippen molar-refractivity contribution in [2.24, 2.45) is 5.92 Å². The van der Waals surface area contributed by atoms with Gasteiger partial charge in [-0.2, -0.15) is 9.59 Å². The third-order valence-corrected chi connectivity index (χ3v) is 13.4. The van der Waals surface area contributed by atoms with E-state index in [9.17, 15) is 19.5 Å². The van der Waals surface area contributed by atoms with Crippen molar-refractivity contribution in [2.75, 3.05) is 21.2 Å². The van der Waals surface area contributed by atoms with Gasteiger partial charge in [-0.15, -0.1) is 5.60 Å². The minimum Gasteiger partial charge on any atom is -0.850 e. The molecule has 13 heteroatoms. The van der Waals surface area contributed by atoms with Gasteiger partial charge in [0.1, 0.15) is 12.2 Å². The molecule has 3 aliphatic rings. The van der Waals surface area contributed by atoms with E-state index in [1.54, 1.807) is 57.2 Å². The van der Waals surface area contributed by atoms with E-state index in [4.69, 9.17) is 19.1 Å². The molecule has 3 saturated heterocycles. The number of ether oxygens (including phenoxy) is 3. The van der Waals surface area contributed by atoms with Crippen LogP contribution in [0.3, 0.4) is 0 Å². The fourth-order valence-electron chi connectivity index (χ4n) is 9.39. The fourth-order valence-corrected chi connectivity index (χ4v) is 9.39. The van der Waals surface area contributed by atoms with Gasteiger partial charge in [-0.05, 0) is 191 Å². The molecule has 0 spiro atoms. The first kappa shape index (κ1) is 68.8. The average Bonchev–Trinajstić information content (AvgIpc) is 3.39. The fraction of sp³-hybridized carbons (Fsp3) is 0.714. The topological polar surface area (TPSA) is 155 Å². The Balaban J connectivity index is 0. The number of rotatable bonds is 5. The number of carbonyl (C=O) groups excluding carboxylic acids is 5. The van der Waals surface area contributed by atoms with Gasteiger partial charge in [0.05, 0.1) is 23.8 Å². The number of nitrogens with zero attached hydrogens (tertiary/aromatic N) is 2. The second-order valence-corrected chi connectivity index (χ2v) is 23.8. The van der Waals surface area contributed by atoms with E-state index < -0.39 is 5.60 Å². The maximum atomic E-state index is 12.9. The van der Waals surface area contributed by atoms with Crippen LogP contribution in [-0.4, -0.2) is 106 Å². The third kappa shape index (κ3) is 25.3. The summed E-state index contributed by atoms with van der Waals surface area (Å²) < 4.78 is 16.3. The van der Waals surface area contributed by atoms with Crippen LogP contribution >= 0.6 is 0 Å². The monoisotopic (exact) mass is 992 g/mol. The molecule has 3 heterocycles. The van der Waals surface area contributed by atoms with E-state index in [2.05, 4.69) is 124 Å². The van der Waals surface area contributed by atoms with Gasteiger partial charge >= 0.3 is 75.4 Å². The molecular formula is C56H94KN3O9. The summed E-state index contributed by atoms with van der Waals surface area (Å²) in [4.78, 5) is 57.8. The van der Waals surface area contributed by atoms with Gasteiger partial charge in [-0.1, -0.05) is 52.8 Å². The number of nitrogens with one attached hydrogen (secondary N) is 1. The smallest absolute Gasteiger partial charge is 0.850 e. The van der Waals surface area contributed by atoms with E-state index in [1.165, 1.54) is 26.4 Å². The molecule has 3 unspecified atom stereocenters. The molecule has 69 heavy (non-hydrogen) atoms. The molecule has 0 aliphatic carbocycles. The van der Waals surface area contributed by atoms with Crippen LogP contribution in [0.5, 0.6) is 0 Å². The predicted molar refractivity (Wildman–Crippen MR) is 273 cm³/mol. The average molecular weight is 992 g/mol. The van der Waals surface area contributed by atoms with Gasteiger partial charge in [-0.3, -0.25) is 9.80 Å². The maximum Gasteiger partial charge on any atom is 1.00 e. The SMILES string of the molecule is C.CC(C)(C)[O-].CC1CCC(C)(C)N(C)C(C)(C)C1.CN1C(C)(C)CCC(OC(=O)c2ccc(C(=O)OC3CCC(C)(C)NC(C)(C)C3)cc2)CC1(C)C.COC(=O)c1ccc(C)cc1.O=C=O.[K+].